The molecule has 12 nitrogen and oxygen atoms in total. The molecule has 3 rings (SSSR count). The number of hydrogen-bond acceptors (Lipinski definition) is 7. The van der Waals surface area contributed by atoms with Crippen molar-refractivity contribution in [1.82, 2.24) is 20.6 Å². The van der Waals surface area contributed by atoms with Crippen molar-refractivity contribution in [3.8, 4) is 5.75 Å². The van der Waals surface area contributed by atoms with Crippen molar-refractivity contribution >= 4 is 29.3 Å². The first-order chi connectivity index (χ1) is 17.1. The van der Waals surface area contributed by atoms with Crippen LogP contribution in [0.25, 0.3) is 0 Å². The molecule has 1 atom stereocenters. The Hall–Kier alpha value is -4.01. The number of benzene rings is 1. The lowest BCUT2D eigenvalue weighted by atomic mass is 10.2. The molecule has 1 fully saturated rings. The van der Waals surface area contributed by atoms with E-state index in [0.29, 0.717) is 31.3 Å². The second-order valence-corrected chi connectivity index (χ2v) is 7.84. The number of carbonyl (C=O) groups excluding carboxylic acids is 1. The largest absolute Gasteiger partial charge is 0.573 e. The number of nitrogens with zero attached hydrogens (tertiary/aromatic N) is 3. The van der Waals surface area contributed by atoms with Crippen LogP contribution >= 0.6 is 0 Å². The lowest BCUT2D eigenvalue weighted by Crippen LogP contribution is -2.37. The van der Waals surface area contributed by atoms with E-state index in [4.69, 9.17) is 5.73 Å². The van der Waals surface area contributed by atoms with E-state index in [1.54, 1.807) is 7.05 Å². The minimum Gasteiger partial charge on any atom is -0.404 e. The minimum absolute atomic E-state index is 0.160. The van der Waals surface area contributed by atoms with Gasteiger partial charge in [0.25, 0.3) is 5.56 Å². The van der Waals surface area contributed by atoms with E-state index in [-0.39, 0.29) is 17.7 Å². The van der Waals surface area contributed by atoms with Crippen LogP contribution in [0.4, 0.5) is 35.3 Å². The van der Waals surface area contributed by atoms with Crippen molar-refractivity contribution in [2.45, 2.75) is 25.2 Å². The monoisotopic (exact) mass is 511 g/mol. The maximum Gasteiger partial charge on any atom is 0.573 e. The molecule has 196 valence electrons. The number of H-pyrrole nitrogens is 1. The fraction of sp³-hybridized carbons (Fsp3) is 0.429. The zero-order valence-electron chi connectivity index (χ0n) is 19.5. The van der Waals surface area contributed by atoms with Crippen molar-refractivity contribution in [2.24, 2.45) is 10.7 Å². The minimum atomic E-state index is -4.92. The Kier molecular flexibility index (Phi) is 8.94. The molecule has 0 spiro atoms. The number of guanidine groups is 1. The summed E-state index contributed by atoms with van der Waals surface area (Å²) in [7, 11) is 1.61. The molecule has 7 N–H and O–H groups in total. The van der Waals surface area contributed by atoms with Crippen molar-refractivity contribution in [3.05, 3.63) is 40.8 Å². The van der Waals surface area contributed by atoms with E-state index in [2.05, 4.69) is 41.0 Å². The van der Waals surface area contributed by atoms with Gasteiger partial charge in [-0.25, -0.2) is 9.78 Å². The van der Waals surface area contributed by atoms with E-state index in [9.17, 15) is 22.8 Å². The van der Waals surface area contributed by atoms with Gasteiger partial charge in [-0.2, -0.15) is 0 Å². The molecule has 36 heavy (non-hydrogen) atoms. The van der Waals surface area contributed by atoms with Crippen LogP contribution < -0.4 is 42.2 Å². The average Bonchev–Trinajstić information content (AvgIpc) is 3.27. The first-order valence-corrected chi connectivity index (χ1v) is 11.1. The Balaban J connectivity index is 1.51. The zero-order valence-corrected chi connectivity index (χ0v) is 19.5. The summed E-state index contributed by atoms with van der Waals surface area (Å²) in [5, 5.41) is 10.9. The molecule has 1 unspecified atom stereocenters. The Morgan fingerprint density at radius 2 is 2.08 bits per heavy atom. The molecule has 0 radical (unpaired) electrons. The molecule has 2 heterocycles. The van der Waals surface area contributed by atoms with Crippen molar-refractivity contribution in [3.63, 3.8) is 0 Å². The summed E-state index contributed by atoms with van der Waals surface area (Å²) in [6.45, 7) is 2.73. The summed E-state index contributed by atoms with van der Waals surface area (Å²) < 4.78 is 41.6. The maximum absolute atomic E-state index is 12.6. The molecular weight excluding hydrogens is 483 g/mol. The Bertz CT molecular complexity index is 1120. The van der Waals surface area contributed by atoms with Crippen LogP contribution in [-0.2, 0) is 0 Å². The van der Waals surface area contributed by atoms with Gasteiger partial charge < -0.3 is 31.3 Å². The number of aromatic amines is 1. The number of rotatable bonds is 9. The number of halogens is 3. The second kappa shape index (κ2) is 12.1. The SMILES string of the molecule is CN=C(N)NCCCNC1CCN(c2cnc(NC(=O)Nc3ccccc3OC(F)(F)F)[nH]c2=O)C1. The first-order valence-electron chi connectivity index (χ1n) is 11.1. The topological polar surface area (TPSA) is 162 Å². The number of anilines is 3. The van der Waals surface area contributed by atoms with Crippen molar-refractivity contribution < 1.29 is 22.7 Å². The van der Waals surface area contributed by atoms with E-state index in [1.807, 2.05) is 4.90 Å². The third kappa shape index (κ3) is 8.04. The molecule has 2 aromatic rings. The number of aliphatic imine (C=N–C) groups is 1. The molecule has 1 aromatic heterocycles. The van der Waals surface area contributed by atoms with E-state index in [0.717, 1.165) is 25.5 Å². The van der Waals surface area contributed by atoms with Gasteiger partial charge in [-0.3, -0.25) is 20.1 Å². The number of carbonyl (C=O) groups is 1. The Morgan fingerprint density at radius 1 is 1.31 bits per heavy atom. The lowest BCUT2D eigenvalue weighted by molar-refractivity contribution is -0.274. The predicted molar refractivity (Wildman–Crippen MR) is 129 cm³/mol. The number of ether oxygens (including phenoxy) is 1. The standard InChI is InChI=1S/C21H28F3N9O3/c1-26-18(25)28-9-4-8-27-13-7-10-33(12-13)15-11-29-19(31-17(15)34)32-20(35)30-14-5-2-3-6-16(14)36-21(22,23)24/h2-3,5-6,11,13,27H,4,7-10,12H2,1H3,(H3,25,26,28)(H3,29,30,31,32,34,35). The van der Waals surface area contributed by atoms with E-state index in [1.165, 1.54) is 24.4 Å². The highest BCUT2D eigenvalue weighted by Crippen LogP contribution is 2.29. The maximum atomic E-state index is 12.6. The summed E-state index contributed by atoms with van der Waals surface area (Å²) in [6.07, 6.45) is -1.89. The van der Waals surface area contributed by atoms with Gasteiger partial charge in [0.05, 0.1) is 11.9 Å². The van der Waals surface area contributed by atoms with Crippen molar-refractivity contribution in [2.75, 3.05) is 48.8 Å². The number of aromatic nitrogens is 2. The third-order valence-corrected chi connectivity index (χ3v) is 5.24. The van der Waals surface area contributed by atoms with Crippen LogP contribution in [0, 0.1) is 0 Å². The van der Waals surface area contributed by atoms with Crippen LogP contribution in [-0.4, -0.2) is 67.6 Å². The smallest absolute Gasteiger partial charge is 0.404 e. The van der Waals surface area contributed by atoms with Crippen LogP contribution in [0.2, 0.25) is 0 Å². The number of urea groups is 1. The van der Waals surface area contributed by atoms with Crippen LogP contribution in [0.3, 0.4) is 0 Å². The van der Waals surface area contributed by atoms with Gasteiger partial charge in [-0.05, 0) is 31.5 Å². The van der Waals surface area contributed by atoms with Gasteiger partial charge >= 0.3 is 12.4 Å². The molecule has 15 heteroatoms. The number of nitrogens with two attached hydrogens (primary N) is 1. The van der Waals surface area contributed by atoms with Gasteiger partial charge in [0.1, 0.15) is 5.69 Å². The number of nitrogens with one attached hydrogen (secondary N) is 5. The fourth-order valence-electron chi connectivity index (χ4n) is 3.56. The fourth-order valence-corrected chi connectivity index (χ4v) is 3.56. The summed E-state index contributed by atoms with van der Waals surface area (Å²) in [6, 6.07) is 4.35. The number of amides is 2. The van der Waals surface area contributed by atoms with Gasteiger partial charge in [-0.1, -0.05) is 12.1 Å². The van der Waals surface area contributed by atoms with E-state index >= 15 is 0 Å². The lowest BCUT2D eigenvalue weighted by Gasteiger charge is -2.18. The molecular formula is C21H28F3N9O3. The quantitative estimate of drug-likeness (QED) is 0.167. The van der Waals surface area contributed by atoms with Gasteiger partial charge in [0.2, 0.25) is 5.95 Å². The number of alkyl halides is 3. The molecule has 1 aliphatic rings. The summed E-state index contributed by atoms with van der Waals surface area (Å²) in [5.41, 5.74) is 5.26. The summed E-state index contributed by atoms with van der Waals surface area (Å²) >= 11 is 0. The van der Waals surface area contributed by atoms with Crippen LogP contribution in [0.5, 0.6) is 5.75 Å². The van der Waals surface area contributed by atoms with Crippen LogP contribution in [0.15, 0.2) is 40.2 Å². The third-order valence-electron chi connectivity index (χ3n) is 5.24. The zero-order chi connectivity index (χ0) is 26.1. The predicted octanol–water partition coefficient (Wildman–Crippen LogP) is 1.40. The highest BCUT2D eigenvalue weighted by molar-refractivity contribution is 5.99. The summed E-state index contributed by atoms with van der Waals surface area (Å²) in [5.74, 6) is -0.347. The highest BCUT2D eigenvalue weighted by atomic mass is 19.4. The Labute approximate surface area is 204 Å². The van der Waals surface area contributed by atoms with Gasteiger partial charge in [0, 0.05) is 32.7 Å². The number of para-hydroxylation sites is 2. The Morgan fingerprint density at radius 3 is 2.81 bits per heavy atom. The molecule has 0 aliphatic carbocycles. The first kappa shape index (κ1) is 26.6. The van der Waals surface area contributed by atoms with Crippen molar-refractivity contribution in [1.29, 1.82) is 0 Å². The number of hydrogen-bond donors (Lipinski definition) is 6. The molecule has 0 saturated carbocycles. The molecule has 1 aromatic carbocycles. The average molecular weight is 512 g/mol. The second-order valence-electron chi connectivity index (χ2n) is 7.84. The van der Waals surface area contributed by atoms with E-state index < -0.39 is 23.7 Å². The molecule has 1 saturated heterocycles. The molecule has 1 aliphatic heterocycles. The molecule has 0 bridgehead atoms. The van der Waals surface area contributed by atoms with Gasteiger partial charge in [-0.15, -0.1) is 13.2 Å². The van der Waals surface area contributed by atoms with Gasteiger partial charge in [0.15, 0.2) is 11.7 Å². The van der Waals surface area contributed by atoms with Crippen LogP contribution in [0.1, 0.15) is 12.8 Å². The molecule has 2 amide bonds. The normalized spacial score (nSPS) is 16.1. The summed E-state index contributed by atoms with van der Waals surface area (Å²) in [4.78, 5) is 37.0. The highest BCUT2D eigenvalue weighted by Gasteiger charge is 2.32.